The van der Waals surface area contributed by atoms with Gasteiger partial charge < -0.3 is 10.1 Å². The minimum atomic E-state index is -3.47. The second-order valence-electron chi connectivity index (χ2n) is 6.01. The maximum Gasteiger partial charge on any atom is 0.232 e. The van der Waals surface area contributed by atoms with Crippen molar-refractivity contribution in [1.82, 2.24) is 5.32 Å². The highest BCUT2D eigenvalue weighted by atomic mass is 32.2. The van der Waals surface area contributed by atoms with Crippen molar-refractivity contribution >= 4 is 21.6 Å². The van der Waals surface area contributed by atoms with E-state index in [1.165, 1.54) is 4.31 Å². The minimum absolute atomic E-state index is 0.0656. The number of amides is 1. The first-order chi connectivity index (χ1) is 12.3. The van der Waals surface area contributed by atoms with Crippen molar-refractivity contribution in [1.29, 1.82) is 0 Å². The van der Waals surface area contributed by atoms with Gasteiger partial charge in [0.1, 0.15) is 5.75 Å². The quantitative estimate of drug-likeness (QED) is 0.768. The number of ether oxygens (including phenoxy) is 1. The number of hydrogen-bond donors (Lipinski definition) is 1. The van der Waals surface area contributed by atoms with Crippen molar-refractivity contribution in [2.75, 3.05) is 24.2 Å². The van der Waals surface area contributed by atoms with Crippen LogP contribution in [-0.2, 0) is 21.4 Å². The summed E-state index contributed by atoms with van der Waals surface area (Å²) in [6, 6.07) is 14.6. The molecule has 6 nitrogen and oxygen atoms in total. The van der Waals surface area contributed by atoms with E-state index in [1.54, 1.807) is 25.3 Å². The third kappa shape index (κ3) is 5.49. The molecule has 0 aliphatic rings. The number of hydrogen-bond acceptors (Lipinski definition) is 4. The van der Waals surface area contributed by atoms with E-state index in [2.05, 4.69) is 5.32 Å². The summed E-state index contributed by atoms with van der Waals surface area (Å²) >= 11 is 0. The minimum Gasteiger partial charge on any atom is -0.496 e. The molecule has 0 bridgehead atoms. The average Bonchev–Trinajstić information content (AvgIpc) is 2.59. The molecule has 0 saturated carbocycles. The van der Waals surface area contributed by atoms with Gasteiger partial charge in [-0.1, -0.05) is 30.3 Å². The van der Waals surface area contributed by atoms with E-state index in [4.69, 9.17) is 4.74 Å². The van der Waals surface area contributed by atoms with Gasteiger partial charge in [0.2, 0.25) is 15.9 Å². The van der Waals surface area contributed by atoms with Crippen LogP contribution in [0.4, 0.5) is 5.69 Å². The molecule has 2 rings (SSSR count). The summed E-state index contributed by atoms with van der Waals surface area (Å²) in [7, 11) is -1.90. The average molecular weight is 376 g/mol. The van der Waals surface area contributed by atoms with Crippen LogP contribution in [-0.4, -0.2) is 34.2 Å². The second kappa shape index (κ2) is 8.71. The summed E-state index contributed by atoms with van der Waals surface area (Å²) in [5.41, 5.74) is 2.38. The molecule has 0 aromatic heterocycles. The van der Waals surface area contributed by atoms with Crippen LogP contribution in [0.1, 0.15) is 17.5 Å². The predicted octanol–water partition coefficient (Wildman–Crippen LogP) is 2.48. The monoisotopic (exact) mass is 376 g/mol. The van der Waals surface area contributed by atoms with Crippen LogP contribution in [0.3, 0.4) is 0 Å². The molecule has 0 unspecified atom stereocenters. The molecule has 1 amide bonds. The summed E-state index contributed by atoms with van der Waals surface area (Å²) < 4.78 is 30.7. The molecule has 0 atom stereocenters. The van der Waals surface area contributed by atoms with E-state index in [1.807, 2.05) is 37.3 Å². The molecule has 0 radical (unpaired) electrons. The molecule has 0 spiro atoms. The number of carbonyl (C=O) groups excluding carboxylic acids is 1. The van der Waals surface area contributed by atoms with Crippen LogP contribution >= 0.6 is 0 Å². The predicted molar refractivity (Wildman–Crippen MR) is 103 cm³/mol. The highest BCUT2D eigenvalue weighted by Crippen LogP contribution is 2.19. The fourth-order valence-corrected chi connectivity index (χ4v) is 3.52. The Bertz CT molecular complexity index is 865. The Morgan fingerprint density at radius 2 is 1.88 bits per heavy atom. The fraction of sp³-hybridized carbons (Fsp3) is 0.316. The molecular weight excluding hydrogens is 352 g/mol. The number of anilines is 1. The van der Waals surface area contributed by atoms with Gasteiger partial charge in [-0.2, -0.15) is 0 Å². The number of nitrogens with one attached hydrogen (secondary N) is 1. The van der Waals surface area contributed by atoms with E-state index in [0.29, 0.717) is 18.0 Å². The van der Waals surface area contributed by atoms with Gasteiger partial charge in [-0.3, -0.25) is 9.10 Å². The van der Waals surface area contributed by atoms with Crippen molar-refractivity contribution < 1.29 is 17.9 Å². The van der Waals surface area contributed by atoms with Gasteiger partial charge in [0.15, 0.2) is 0 Å². The lowest BCUT2D eigenvalue weighted by atomic mass is 10.2. The number of nitrogens with zero attached hydrogens (tertiary/aromatic N) is 1. The SMILES string of the molecule is COc1ccccc1CNC(=O)CCN(c1cccc(C)c1)S(C)(=O)=O. The Balaban J connectivity index is 1.99. The number of rotatable bonds is 8. The van der Waals surface area contributed by atoms with Gasteiger partial charge in [0.25, 0.3) is 0 Å². The lowest BCUT2D eigenvalue weighted by molar-refractivity contribution is -0.121. The first kappa shape index (κ1) is 19.8. The molecule has 0 aliphatic carbocycles. The van der Waals surface area contributed by atoms with Crippen molar-refractivity contribution in [3.63, 3.8) is 0 Å². The van der Waals surface area contributed by atoms with Gasteiger partial charge in [-0.25, -0.2) is 8.42 Å². The third-order valence-electron chi connectivity index (χ3n) is 3.90. The van der Waals surface area contributed by atoms with Gasteiger partial charge in [0.05, 0.1) is 19.1 Å². The second-order valence-corrected chi connectivity index (χ2v) is 7.92. The van der Waals surface area contributed by atoms with Crippen molar-refractivity contribution in [3.8, 4) is 5.75 Å². The van der Waals surface area contributed by atoms with E-state index in [0.717, 1.165) is 17.4 Å². The van der Waals surface area contributed by atoms with Crippen molar-refractivity contribution in [2.24, 2.45) is 0 Å². The van der Waals surface area contributed by atoms with Gasteiger partial charge in [-0.15, -0.1) is 0 Å². The van der Waals surface area contributed by atoms with Crippen LogP contribution in [0.5, 0.6) is 5.75 Å². The zero-order valence-corrected chi connectivity index (χ0v) is 16.0. The molecule has 26 heavy (non-hydrogen) atoms. The van der Waals surface area contributed by atoms with Gasteiger partial charge in [-0.05, 0) is 30.7 Å². The number of carbonyl (C=O) groups is 1. The molecule has 1 N–H and O–H groups in total. The van der Waals surface area contributed by atoms with Crippen LogP contribution < -0.4 is 14.4 Å². The summed E-state index contributed by atoms with van der Waals surface area (Å²) in [5, 5.41) is 2.80. The fourth-order valence-electron chi connectivity index (χ4n) is 2.60. The van der Waals surface area contributed by atoms with E-state index in [-0.39, 0.29) is 18.9 Å². The lowest BCUT2D eigenvalue weighted by Gasteiger charge is -2.22. The summed E-state index contributed by atoms with van der Waals surface area (Å²) in [6.07, 6.45) is 1.21. The Kier molecular flexibility index (Phi) is 6.63. The normalized spacial score (nSPS) is 11.0. The number of sulfonamides is 1. The van der Waals surface area contributed by atoms with Crippen LogP contribution in [0.2, 0.25) is 0 Å². The molecule has 2 aromatic rings. The Labute approximate surface area is 154 Å². The van der Waals surface area contributed by atoms with E-state index >= 15 is 0 Å². The molecule has 140 valence electrons. The maximum atomic E-state index is 12.2. The molecule has 0 heterocycles. The Morgan fingerprint density at radius 1 is 1.15 bits per heavy atom. The summed E-state index contributed by atoms with van der Waals surface area (Å²) in [6.45, 7) is 2.30. The largest absolute Gasteiger partial charge is 0.496 e. The third-order valence-corrected chi connectivity index (χ3v) is 5.09. The van der Waals surface area contributed by atoms with Crippen LogP contribution in [0.15, 0.2) is 48.5 Å². The molecule has 0 aliphatic heterocycles. The van der Waals surface area contributed by atoms with Crippen LogP contribution in [0.25, 0.3) is 0 Å². The first-order valence-corrected chi connectivity index (χ1v) is 10.1. The zero-order chi connectivity index (χ0) is 19.2. The molecule has 0 fully saturated rings. The standard InChI is InChI=1S/C19H24N2O4S/c1-15-7-6-9-17(13-15)21(26(3,23)24)12-11-19(22)20-14-16-8-4-5-10-18(16)25-2/h4-10,13H,11-12,14H2,1-3H3,(H,20,22). The lowest BCUT2D eigenvalue weighted by Crippen LogP contribution is -2.34. The Morgan fingerprint density at radius 3 is 2.54 bits per heavy atom. The Hall–Kier alpha value is -2.54. The van der Waals surface area contributed by atoms with Crippen molar-refractivity contribution in [3.05, 3.63) is 59.7 Å². The molecular formula is C19H24N2O4S. The molecule has 0 saturated heterocycles. The van der Waals surface area contributed by atoms with E-state index < -0.39 is 10.0 Å². The first-order valence-electron chi connectivity index (χ1n) is 8.24. The van der Waals surface area contributed by atoms with Gasteiger partial charge in [0, 0.05) is 25.1 Å². The number of para-hydroxylation sites is 1. The summed E-state index contributed by atoms with van der Waals surface area (Å²) in [5.74, 6) is 0.475. The highest BCUT2D eigenvalue weighted by molar-refractivity contribution is 7.92. The number of benzene rings is 2. The molecule has 7 heteroatoms. The van der Waals surface area contributed by atoms with Crippen molar-refractivity contribution in [2.45, 2.75) is 19.9 Å². The van der Waals surface area contributed by atoms with E-state index in [9.17, 15) is 13.2 Å². The number of aryl methyl sites for hydroxylation is 1. The number of methoxy groups -OCH3 is 1. The summed E-state index contributed by atoms with van der Waals surface area (Å²) in [4.78, 5) is 12.2. The zero-order valence-electron chi connectivity index (χ0n) is 15.2. The maximum absolute atomic E-state index is 12.2. The molecule has 2 aromatic carbocycles. The highest BCUT2D eigenvalue weighted by Gasteiger charge is 2.18. The van der Waals surface area contributed by atoms with Gasteiger partial charge >= 0.3 is 0 Å². The van der Waals surface area contributed by atoms with Crippen LogP contribution in [0, 0.1) is 6.92 Å². The topological polar surface area (TPSA) is 75.7 Å². The smallest absolute Gasteiger partial charge is 0.232 e.